The van der Waals surface area contributed by atoms with Gasteiger partial charge in [0.25, 0.3) is 0 Å². The second-order valence-corrected chi connectivity index (χ2v) is 7.31. The zero-order valence-electron chi connectivity index (χ0n) is 16.2. The quantitative estimate of drug-likeness (QED) is 0.848. The summed E-state index contributed by atoms with van der Waals surface area (Å²) in [5.74, 6) is 0.415. The van der Waals surface area contributed by atoms with Crippen LogP contribution in [0.2, 0.25) is 0 Å². The zero-order chi connectivity index (χ0) is 19.4. The van der Waals surface area contributed by atoms with Gasteiger partial charge in [-0.25, -0.2) is 0 Å². The van der Waals surface area contributed by atoms with Gasteiger partial charge in [-0.3, -0.25) is 9.59 Å². The molecule has 27 heavy (non-hydrogen) atoms. The van der Waals surface area contributed by atoms with Gasteiger partial charge in [-0.2, -0.15) is 0 Å². The van der Waals surface area contributed by atoms with Gasteiger partial charge in [0.2, 0.25) is 11.8 Å². The highest BCUT2D eigenvalue weighted by molar-refractivity contribution is 5.92. The first-order valence-corrected chi connectivity index (χ1v) is 9.56. The third kappa shape index (κ3) is 3.89. The largest absolute Gasteiger partial charge is 0.361 e. The fraction of sp³-hybridized carbons (Fsp3) is 0.476. The second-order valence-electron chi connectivity index (χ2n) is 7.31. The molecule has 1 N–H and O–H groups in total. The Morgan fingerprint density at radius 3 is 2.74 bits per heavy atom. The topological polar surface area (TPSA) is 75.4 Å². The van der Waals surface area contributed by atoms with Gasteiger partial charge in [-0.15, -0.1) is 0 Å². The van der Waals surface area contributed by atoms with Gasteiger partial charge in [0, 0.05) is 37.6 Å². The first kappa shape index (κ1) is 19.1. The number of aromatic nitrogens is 1. The van der Waals surface area contributed by atoms with E-state index >= 15 is 0 Å². The zero-order valence-corrected chi connectivity index (χ0v) is 16.2. The minimum atomic E-state index is -0.914. The summed E-state index contributed by atoms with van der Waals surface area (Å²) in [6.45, 7) is 6.10. The SMILES string of the molecule is CC[C@@H](C)NC(=O)[C@]1(Cc2cc(-c3ccccc3)no2)CCCN1C(C)=O. The molecule has 0 radical (unpaired) electrons. The summed E-state index contributed by atoms with van der Waals surface area (Å²) in [5.41, 5.74) is 0.777. The molecule has 144 valence electrons. The lowest BCUT2D eigenvalue weighted by molar-refractivity contribution is -0.144. The van der Waals surface area contributed by atoms with Crippen molar-refractivity contribution in [3.8, 4) is 11.3 Å². The number of rotatable bonds is 6. The number of likely N-dealkylation sites (tertiary alicyclic amines) is 1. The van der Waals surface area contributed by atoms with E-state index in [1.807, 2.05) is 50.2 Å². The van der Waals surface area contributed by atoms with Crippen molar-refractivity contribution in [2.75, 3.05) is 6.54 Å². The van der Waals surface area contributed by atoms with Gasteiger partial charge < -0.3 is 14.7 Å². The van der Waals surface area contributed by atoms with E-state index in [2.05, 4.69) is 10.5 Å². The Morgan fingerprint density at radius 2 is 2.07 bits per heavy atom. The smallest absolute Gasteiger partial charge is 0.246 e. The summed E-state index contributed by atoms with van der Waals surface area (Å²) in [7, 11) is 0. The van der Waals surface area contributed by atoms with Crippen molar-refractivity contribution >= 4 is 11.8 Å². The third-order valence-corrected chi connectivity index (χ3v) is 5.38. The summed E-state index contributed by atoms with van der Waals surface area (Å²) in [5, 5.41) is 7.22. The van der Waals surface area contributed by atoms with Gasteiger partial charge in [-0.05, 0) is 26.2 Å². The Morgan fingerprint density at radius 1 is 1.33 bits per heavy atom. The van der Waals surface area contributed by atoms with Crippen LogP contribution in [0.5, 0.6) is 0 Å². The van der Waals surface area contributed by atoms with Crippen LogP contribution < -0.4 is 5.32 Å². The van der Waals surface area contributed by atoms with E-state index < -0.39 is 5.54 Å². The van der Waals surface area contributed by atoms with Crippen LogP contribution in [0.3, 0.4) is 0 Å². The Bertz CT molecular complexity index is 802. The summed E-state index contributed by atoms with van der Waals surface area (Å²) in [4.78, 5) is 27.1. The molecular weight excluding hydrogens is 342 g/mol. The number of nitrogens with zero attached hydrogens (tertiary/aromatic N) is 2. The van der Waals surface area contributed by atoms with Crippen molar-refractivity contribution in [2.24, 2.45) is 0 Å². The van der Waals surface area contributed by atoms with E-state index in [1.54, 1.807) is 4.90 Å². The molecule has 1 aliphatic rings. The van der Waals surface area contributed by atoms with Crippen molar-refractivity contribution in [2.45, 2.75) is 58.0 Å². The van der Waals surface area contributed by atoms with Crippen molar-refractivity contribution in [3.05, 3.63) is 42.2 Å². The minimum Gasteiger partial charge on any atom is -0.361 e. The molecule has 2 aromatic rings. The minimum absolute atomic E-state index is 0.0541. The molecule has 0 saturated carbocycles. The Kier molecular flexibility index (Phi) is 5.63. The van der Waals surface area contributed by atoms with Crippen molar-refractivity contribution in [1.29, 1.82) is 0 Å². The number of carbonyl (C=O) groups excluding carboxylic acids is 2. The van der Waals surface area contributed by atoms with E-state index in [-0.39, 0.29) is 17.9 Å². The number of carbonyl (C=O) groups is 2. The normalized spacial score (nSPS) is 20.5. The number of benzene rings is 1. The van der Waals surface area contributed by atoms with Gasteiger partial charge in [0.05, 0.1) is 0 Å². The maximum atomic E-state index is 13.2. The molecule has 1 aromatic heterocycles. The molecule has 3 rings (SSSR count). The van der Waals surface area contributed by atoms with E-state index in [1.165, 1.54) is 6.92 Å². The lowest BCUT2D eigenvalue weighted by Gasteiger charge is -2.36. The number of hydrogen-bond donors (Lipinski definition) is 1. The van der Waals surface area contributed by atoms with Crippen LogP contribution in [0, 0.1) is 0 Å². The van der Waals surface area contributed by atoms with Crippen molar-refractivity contribution in [3.63, 3.8) is 0 Å². The molecule has 2 atom stereocenters. The van der Waals surface area contributed by atoms with Crippen LogP contribution in [0.25, 0.3) is 11.3 Å². The maximum absolute atomic E-state index is 13.2. The predicted octanol–water partition coefficient (Wildman–Crippen LogP) is 3.18. The highest BCUT2D eigenvalue weighted by Gasteiger charge is 2.49. The summed E-state index contributed by atoms with van der Waals surface area (Å²) in [6, 6.07) is 11.7. The standard InChI is InChI=1S/C21H27N3O3/c1-4-15(2)22-20(26)21(11-8-12-24(21)16(3)25)14-18-13-19(23-27-18)17-9-6-5-7-10-17/h5-7,9-10,13,15H,4,8,11-12,14H2,1-3H3,(H,22,26)/t15-,21-/m1/s1. The summed E-state index contributed by atoms with van der Waals surface area (Å²) in [6.07, 6.45) is 2.58. The number of nitrogens with one attached hydrogen (secondary N) is 1. The Labute approximate surface area is 159 Å². The third-order valence-electron chi connectivity index (χ3n) is 5.38. The molecule has 0 unspecified atom stereocenters. The molecule has 0 spiro atoms. The first-order chi connectivity index (χ1) is 13.0. The fourth-order valence-corrected chi connectivity index (χ4v) is 3.73. The van der Waals surface area contributed by atoms with Crippen molar-refractivity contribution < 1.29 is 14.1 Å². The highest BCUT2D eigenvalue weighted by Crippen LogP contribution is 2.34. The van der Waals surface area contributed by atoms with Gasteiger partial charge >= 0.3 is 0 Å². The first-order valence-electron chi connectivity index (χ1n) is 9.56. The molecule has 1 aliphatic heterocycles. The molecule has 6 nitrogen and oxygen atoms in total. The molecule has 2 heterocycles. The fourth-order valence-electron chi connectivity index (χ4n) is 3.73. The van der Waals surface area contributed by atoms with Crippen LogP contribution >= 0.6 is 0 Å². The van der Waals surface area contributed by atoms with Crippen molar-refractivity contribution in [1.82, 2.24) is 15.4 Å². The number of amides is 2. The number of hydrogen-bond acceptors (Lipinski definition) is 4. The van der Waals surface area contributed by atoms with Crippen LogP contribution in [0.1, 0.15) is 45.8 Å². The average molecular weight is 369 g/mol. The van der Waals surface area contributed by atoms with Crippen LogP contribution in [0.15, 0.2) is 40.9 Å². The monoisotopic (exact) mass is 369 g/mol. The predicted molar refractivity (Wildman–Crippen MR) is 103 cm³/mol. The molecule has 0 aliphatic carbocycles. The van der Waals surface area contributed by atoms with Gasteiger partial charge in [0.1, 0.15) is 17.0 Å². The van der Waals surface area contributed by atoms with Gasteiger partial charge in [0.15, 0.2) is 0 Å². The van der Waals surface area contributed by atoms with Gasteiger partial charge in [-0.1, -0.05) is 42.4 Å². The Hall–Kier alpha value is -2.63. The maximum Gasteiger partial charge on any atom is 0.246 e. The van der Waals surface area contributed by atoms with E-state index in [4.69, 9.17) is 4.52 Å². The molecule has 0 bridgehead atoms. The summed E-state index contributed by atoms with van der Waals surface area (Å²) >= 11 is 0. The lowest BCUT2D eigenvalue weighted by atomic mass is 9.88. The van der Waals surface area contributed by atoms with Crippen LogP contribution in [-0.2, 0) is 16.0 Å². The van der Waals surface area contributed by atoms with Crippen LogP contribution in [0.4, 0.5) is 0 Å². The highest BCUT2D eigenvalue weighted by atomic mass is 16.5. The molecule has 1 fully saturated rings. The molecule has 1 aromatic carbocycles. The van der Waals surface area contributed by atoms with Crippen LogP contribution in [-0.4, -0.2) is 40.0 Å². The van der Waals surface area contributed by atoms with E-state index in [0.717, 1.165) is 24.1 Å². The molecule has 2 amide bonds. The molecule has 6 heteroatoms. The van der Waals surface area contributed by atoms with E-state index in [0.29, 0.717) is 25.1 Å². The second kappa shape index (κ2) is 7.94. The molecule has 1 saturated heterocycles. The average Bonchev–Trinajstić information content (AvgIpc) is 3.30. The summed E-state index contributed by atoms with van der Waals surface area (Å²) < 4.78 is 5.55. The Balaban J connectivity index is 1.89. The lowest BCUT2D eigenvalue weighted by Crippen LogP contribution is -2.59. The van der Waals surface area contributed by atoms with E-state index in [9.17, 15) is 9.59 Å². The molecular formula is C21H27N3O3.